The van der Waals surface area contributed by atoms with E-state index in [0.717, 1.165) is 24.9 Å². The van der Waals surface area contributed by atoms with Gasteiger partial charge in [-0.15, -0.1) is 0 Å². The molecule has 1 aliphatic rings. The quantitative estimate of drug-likeness (QED) is 0.829. The van der Waals surface area contributed by atoms with E-state index in [1.807, 2.05) is 19.1 Å². The number of nitrogens with one attached hydrogen (secondary N) is 1. The van der Waals surface area contributed by atoms with E-state index in [1.165, 1.54) is 0 Å². The topological polar surface area (TPSA) is 46.2 Å². The summed E-state index contributed by atoms with van der Waals surface area (Å²) in [6, 6.07) is 7.04. The minimum Gasteiger partial charge on any atom is -0.301 e. The van der Waals surface area contributed by atoms with Crippen LogP contribution in [0.3, 0.4) is 0 Å². The van der Waals surface area contributed by atoms with E-state index in [-0.39, 0.29) is 5.37 Å². The van der Waals surface area contributed by atoms with Crippen LogP contribution in [0, 0.1) is 6.92 Å². The second kappa shape index (κ2) is 3.94. The molecule has 1 unspecified atom stereocenters. The molecule has 0 radical (unpaired) electrons. The average Bonchev–Trinajstić information content (AvgIpc) is 2.71. The highest BCUT2D eigenvalue weighted by Crippen LogP contribution is 2.20. The molecule has 1 atom stereocenters. The highest BCUT2D eigenvalue weighted by atomic mass is 32.2. The lowest BCUT2D eigenvalue weighted by Gasteiger charge is -2.11. The average molecular weight is 225 g/mol. The predicted molar refractivity (Wildman–Crippen MR) is 59.4 cm³/mol. The summed E-state index contributed by atoms with van der Waals surface area (Å²) >= 11 is 0. The van der Waals surface area contributed by atoms with Crippen LogP contribution >= 0.6 is 0 Å². The second-order valence-electron chi connectivity index (χ2n) is 3.94. The lowest BCUT2D eigenvalue weighted by molar-refractivity contribution is 0.571. The van der Waals surface area contributed by atoms with E-state index < -0.39 is 9.84 Å². The Kier molecular flexibility index (Phi) is 2.80. The summed E-state index contributed by atoms with van der Waals surface area (Å²) in [5, 5.41) is 2.63. The normalized spacial score (nSPS) is 21.8. The molecule has 1 N–H and O–H groups in total. The first-order chi connectivity index (χ1) is 7.10. The molecule has 3 nitrogen and oxygen atoms in total. The third kappa shape index (κ3) is 2.06. The smallest absolute Gasteiger partial charge is 0.194 e. The maximum Gasteiger partial charge on any atom is 0.194 e. The highest BCUT2D eigenvalue weighted by molar-refractivity contribution is 7.92. The summed E-state index contributed by atoms with van der Waals surface area (Å²) in [7, 11) is -3.17. The van der Waals surface area contributed by atoms with Crippen molar-refractivity contribution in [1.82, 2.24) is 5.32 Å². The molecule has 0 amide bonds. The summed E-state index contributed by atoms with van der Waals surface area (Å²) in [4.78, 5) is 0.424. The molecule has 0 bridgehead atoms. The lowest BCUT2D eigenvalue weighted by Crippen LogP contribution is -2.30. The second-order valence-corrected chi connectivity index (χ2v) is 6.07. The number of hydrogen-bond donors (Lipinski definition) is 1. The van der Waals surface area contributed by atoms with Crippen molar-refractivity contribution >= 4 is 9.84 Å². The molecule has 1 aromatic rings. The molecule has 1 heterocycles. The van der Waals surface area contributed by atoms with Crippen LogP contribution in [0.4, 0.5) is 0 Å². The minimum atomic E-state index is -3.17. The first-order valence-electron chi connectivity index (χ1n) is 5.15. The molecule has 0 aliphatic carbocycles. The van der Waals surface area contributed by atoms with Crippen LogP contribution in [0.5, 0.6) is 0 Å². The van der Waals surface area contributed by atoms with Gasteiger partial charge in [-0.2, -0.15) is 0 Å². The SMILES string of the molecule is Cc1ccc(S(=O)(=O)C2CCCN2)cc1. The molecule has 0 saturated carbocycles. The number of hydrogen-bond acceptors (Lipinski definition) is 3. The van der Waals surface area contributed by atoms with Crippen molar-refractivity contribution in [3.63, 3.8) is 0 Å². The van der Waals surface area contributed by atoms with E-state index in [1.54, 1.807) is 12.1 Å². The van der Waals surface area contributed by atoms with Crippen molar-refractivity contribution in [1.29, 1.82) is 0 Å². The third-order valence-corrected chi connectivity index (χ3v) is 4.82. The van der Waals surface area contributed by atoms with Crippen LogP contribution in [0.25, 0.3) is 0 Å². The van der Waals surface area contributed by atoms with Crippen molar-refractivity contribution in [2.24, 2.45) is 0 Å². The summed E-state index contributed by atoms with van der Waals surface area (Å²) in [5.74, 6) is 0. The van der Waals surface area contributed by atoms with Crippen LogP contribution in [-0.2, 0) is 9.84 Å². The Bertz CT molecular complexity index is 430. The van der Waals surface area contributed by atoms with Crippen molar-refractivity contribution < 1.29 is 8.42 Å². The van der Waals surface area contributed by atoms with Gasteiger partial charge in [-0.05, 0) is 38.4 Å². The third-order valence-electron chi connectivity index (χ3n) is 2.74. The fraction of sp³-hybridized carbons (Fsp3) is 0.455. The molecular weight excluding hydrogens is 210 g/mol. The molecule has 1 aliphatic heterocycles. The molecular formula is C11H15NO2S. The Morgan fingerprint density at radius 1 is 1.27 bits per heavy atom. The van der Waals surface area contributed by atoms with Crippen molar-refractivity contribution in [2.75, 3.05) is 6.54 Å². The van der Waals surface area contributed by atoms with Gasteiger partial charge in [0.15, 0.2) is 9.84 Å². The van der Waals surface area contributed by atoms with Crippen LogP contribution in [0.2, 0.25) is 0 Å². The number of aryl methyl sites for hydroxylation is 1. The first-order valence-corrected chi connectivity index (χ1v) is 6.69. The molecule has 15 heavy (non-hydrogen) atoms. The Balaban J connectivity index is 2.32. The van der Waals surface area contributed by atoms with Crippen LogP contribution < -0.4 is 5.32 Å². The number of benzene rings is 1. The van der Waals surface area contributed by atoms with Gasteiger partial charge in [0.2, 0.25) is 0 Å². The number of sulfone groups is 1. The standard InChI is InChI=1S/C11H15NO2S/c1-9-4-6-10(7-5-9)15(13,14)11-3-2-8-12-11/h4-7,11-12H,2-3,8H2,1H3. The zero-order valence-electron chi connectivity index (χ0n) is 8.73. The highest BCUT2D eigenvalue weighted by Gasteiger charge is 2.29. The summed E-state index contributed by atoms with van der Waals surface area (Å²) in [6.07, 6.45) is 1.66. The maximum atomic E-state index is 12.1. The first kappa shape index (κ1) is 10.6. The Morgan fingerprint density at radius 2 is 1.93 bits per heavy atom. The Hall–Kier alpha value is -0.870. The van der Waals surface area contributed by atoms with Crippen molar-refractivity contribution in [3.8, 4) is 0 Å². The van der Waals surface area contributed by atoms with Gasteiger partial charge in [0, 0.05) is 0 Å². The fourth-order valence-electron chi connectivity index (χ4n) is 1.81. The van der Waals surface area contributed by atoms with Gasteiger partial charge in [0.1, 0.15) is 5.37 Å². The molecule has 1 fully saturated rings. The molecule has 1 aromatic carbocycles. The molecule has 0 spiro atoms. The van der Waals surface area contributed by atoms with Crippen LogP contribution in [0.1, 0.15) is 18.4 Å². The van der Waals surface area contributed by atoms with Crippen LogP contribution in [0.15, 0.2) is 29.2 Å². The van der Waals surface area contributed by atoms with Gasteiger partial charge in [-0.1, -0.05) is 17.7 Å². The summed E-state index contributed by atoms with van der Waals surface area (Å²) in [6.45, 7) is 2.75. The number of rotatable bonds is 2. The lowest BCUT2D eigenvalue weighted by atomic mass is 10.2. The molecule has 4 heteroatoms. The van der Waals surface area contributed by atoms with E-state index in [4.69, 9.17) is 0 Å². The summed E-state index contributed by atoms with van der Waals surface area (Å²) in [5.41, 5.74) is 1.08. The van der Waals surface area contributed by atoms with E-state index >= 15 is 0 Å². The molecule has 1 saturated heterocycles. The van der Waals surface area contributed by atoms with Crippen molar-refractivity contribution in [2.45, 2.75) is 30.0 Å². The zero-order valence-corrected chi connectivity index (χ0v) is 9.55. The maximum absolute atomic E-state index is 12.1. The van der Waals surface area contributed by atoms with E-state index in [9.17, 15) is 8.42 Å². The van der Waals surface area contributed by atoms with Crippen molar-refractivity contribution in [3.05, 3.63) is 29.8 Å². The van der Waals surface area contributed by atoms with E-state index in [0.29, 0.717) is 4.90 Å². The van der Waals surface area contributed by atoms with Gasteiger partial charge in [0.25, 0.3) is 0 Å². The summed E-state index contributed by atoms with van der Waals surface area (Å²) < 4.78 is 24.2. The predicted octanol–water partition coefficient (Wildman–Crippen LogP) is 1.48. The van der Waals surface area contributed by atoms with Gasteiger partial charge < -0.3 is 5.32 Å². The van der Waals surface area contributed by atoms with Gasteiger partial charge in [0.05, 0.1) is 4.90 Å². The van der Waals surface area contributed by atoms with Crippen LogP contribution in [-0.4, -0.2) is 20.3 Å². The fourth-order valence-corrected chi connectivity index (χ4v) is 3.47. The molecule has 82 valence electrons. The Labute approximate surface area is 90.4 Å². The zero-order chi connectivity index (χ0) is 10.9. The molecule has 2 rings (SSSR count). The largest absolute Gasteiger partial charge is 0.301 e. The van der Waals surface area contributed by atoms with Gasteiger partial charge in [-0.3, -0.25) is 0 Å². The monoisotopic (exact) mass is 225 g/mol. The molecule has 0 aromatic heterocycles. The minimum absolute atomic E-state index is 0.389. The van der Waals surface area contributed by atoms with Gasteiger partial charge >= 0.3 is 0 Å². The van der Waals surface area contributed by atoms with E-state index in [2.05, 4.69) is 5.32 Å². The van der Waals surface area contributed by atoms with Gasteiger partial charge in [-0.25, -0.2) is 8.42 Å². The Morgan fingerprint density at radius 3 is 2.47 bits per heavy atom.